The summed E-state index contributed by atoms with van der Waals surface area (Å²) in [6.45, 7) is 2.02. The number of aryl methyl sites for hydroxylation is 1. The van der Waals surface area contributed by atoms with Crippen LogP contribution in [0.25, 0.3) is 0 Å². The average Bonchev–Trinajstić information content (AvgIpc) is 2.41. The summed E-state index contributed by atoms with van der Waals surface area (Å²) < 4.78 is 13.4. The topological polar surface area (TPSA) is 24.9 Å². The third-order valence-corrected chi connectivity index (χ3v) is 3.46. The second-order valence-electron chi connectivity index (χ2n) is 4.50. The molecule has 0 amide bonds. The third kappa shape index (κ3) is 3.31. The van der Waals surface area contributed by atoms with Gasteiger partial charge in [-0.3, -0.25) is 4.98 Å². The minimum Gasteiger partial charge on any atom is -0.311 e. The highest BCUT2D eigenvalue weighted by Gasteiger charge is 2.14. The van der Waals surface area contributed by atoms with Crippen LogP contribution < -0.4 is 5.32 Å². The number of nitrogens with one attached hydrogen (secondary N) is 1. The molecule has 0 radical (unpaired) electrons. The summed E-state index contributed by atoms with van der Waals surface area (Å²) in [6.07, 6.45) is 2.44. The summed E-state index contributed by atoms with van der Waals surface area (Å²) in [6, 6.07) is 8.90. The van der Waals surface area contributed by atoms with Crippen LogP contribution >= 0.6 is 11.6 Å². The quantitative estimate of drug-likeness (QED) is 0.923. The van der Waals surface area contributed by atoms with Crippen molar-refractivity contribution in [2.75, 3.05) is 7.05 Å². The van der Waals surface area contributed by atoms with Gasteiger partial charge >= 0.3 is 0 Å². The molecule has 0 aliphatic carbocycles. The molecule has 0 bridgehead atoms. The van der Waals surface area contributed by atoms with E-state index in [1.54, 1.807) is 12.3 Å². The lowest BCUT2D eigenvalue weighted by molar-refractivity contribution is 0.567. The molecule has 2 aromatic rings. The van der Waals surface area contributed by atoms with Crippen molar-refractivity contribution in [2.24, 2.45) is 0 Å². The molecule has 2 rings (SSSR count). The zero-order valence-electron chi connectivity index (χ0n) is 11.0. The molecular formula is C15H16ClFN2. The maximum absolute atomic E-state index is 13.4. The molecule has 100 valence electrons. The monoisotopic (exact) mass is 278 g/mol. The molecule has 0 fully saturated rings. The highest BCUT2D eigenvalue weighted by Crippen LogP contribution is 2.22. The summed E-state index contributed by atoms with van der Waals surface area (Å²) in [5.41, 5.74) is 3.00. The first-order chi connectivity index (χ1) is 9.11. The number of benzene rings is 1. The fraction of sp³-hybridized carbons (Fsp3) is 0.267. The highest BCUT2D eigenvalue weighted by molar-refractivity contribution is 6.30. The first-order valence-electron chi connectivity index (χ1n) is 6.14. The molecule has 0 saturated heterocycles. The average molecular weight is 279 g/mol. The maximum atomic E-state index is 13.4. The lowest BCUT2D eigenvalue weighted by atomic mass is 10.00. The predicted octanol–water partition coefficient (Wildman–Crippen LogP) is 3.69. The summed E-state index contributed by atoms with van der Waals surface area (Å²) in [5.74, 6) is -0.383. The fourth-order valence-electron chi connectivity index (χ4n) is 2.10. The van der Waals surface area contributed by atoms with Gasteiger partial charge in [0.15, 0.2) is 0 Å². The van der Waals surface area contributed by atoms with Crippen molar-refractivity contribution in [3.8, 4) is 0 Å². The van der Waals surface area contributed by atoms with Crippen LogP contribution in [-0.4, -0.2) is 12.0 Å². The van der Waals surface area contributed by atoms with Crippen molar-refractivity contribution in [3.63, 3.8) is 0 Å². The van der Waals surface area contributed by atoms with E-state index in [1.807, 2.05) is 32.2 Å². The van der Waals surface area contributed by atoms with E-state index in [1.165, 1.54) is 6.07 Å². The van der Waals surface area contributed by atoms with Gasteiger partial charge in [-0.25, -0.2) is 4.39 Å². The summed E-state index contributed by atoms with van der Waals surface area (Å²) in [5, 5.41) is 3.38. The van der Waals surface area contributed by atoms with Gasteiger partial charge in [0.2, 0.25) is 0 Å². The number of hydrogen-bond donors (Lipinski definition) is 1. The molecule has 1 heterocycles. The van der Waals surface area contributed by atoms with Crippen LogP contribution in [0.15, 0.2) is 36.5 Å². The SMILES string of the molecule is CNC(Cc1ccc(Cl)c(F)c1)c1ncccc1C. The number of aromatic nitrogens is 1. The molecule has 19 heavy (non-hydrogen) atoms. The normalized spacial score (nSPS) is 12.4. The summed E-state index contributed by atoms with van der Waals surface area (Å²) >= 11 is 5.69. The van der Waals surface area contributed by atoms with Gasteiger partial charge in [0, 0.05) is 6.20 Å². The Bertz CT molecular complexity index is 572. The highest BCUT2D eigenvalue weighted by atomic mass is 35.5. The van der Waals surface area contributed by atoms with Gasteiger partial charge in [0.25, 0.3) is 0 Å². The minimum absolute atomic E-state index is 0.0572. The molecule has 0 aliphatic heterocycles. The third-order valence-electron chi connectivity index (χ3n) is 3.15. The zero-order valence-corrected chi connectivity index (χ0v) is 11.7. The number of nitrogens with zero attached hydrogens (tertiary/aromatic N) is 1. The number of hydrogen-bond acceptors (Lipinski definition) is 2. The van der Waals surface area contributed by atoms with Gasteiger partial charge in [-0.2, -0.15) is 0 Å². The van der Waals surface area contributed by atoms with E-state index in [0.29, 0.717) is 6.42 Å². The molecule has 1 aromatic heterocycles. The molecule has 2 nitrogen and oxygen atoms in total. The molecule has 4 heteroatoms. The summed E-state index contributed by atoms with van der Waals surface area (Å²) in [7, 11) is 1.88. The number of halogens is 2. The molecule has 0 saturated carbocycles. The van der Waals surface area contributed by atoms with Crippen LogP contribution in [0.1, 0.15) is 22.9 Å². The van der Waals surface area contributed by atoms with Crippen molar-refractivity contribution in [2.45, 2.75) is 19.4 Å². The van der Waals surface area contributed by atoms with E-state index in [9.17, 15) is 4.39 Å². The fourth-order valence-corrected chi connectivity index (χ4v) is 2.22. The first kappa shape index (κ1) is 14.0. The van der Waals surface area contributed by atoms with Gasteiger partial charge in [0.05, 0.1) is 16.8 Å². The van der Waals surface area contributed by atoms with E-state index in [-0.39, 0.29) is 16.9 Å². The second-order valence-corrected chi connectivity index (χ2v) is 4.91. The van der Waals surface area contributed by atoms with E-state index in [2.05, 4.69) is 10.3 Å². The molecule has 0 aliphatic rings. The van der Waals surface area contributed by atoms with E-state index in [4.69, 9.17) is 11.6 Å². The predicted molar refractivity (Wildman–Crippen MR) is 75.9 cm³/mol. The van der Waals surface area contributed by atoms with Crippen molar-refractivity contribution < 1.29 is 4.39 Å². The number of rotatable bonds is 4. The van der Waals surface area contributed by atoms with Crippen LogP contribution in [0.4, 0.5) is 4.39 Å². The van der Waals surface area contributed by atoms with Gasteiger partial charge < -0.3 is 5.32 Å². The standard InChI is InChI=1S/C15H16ClFN2/c1-10-4-3-7-19-15(10)14(18-2)9-11-5-6-12(16)13(17)8-11/h3-8,14,18H,9H2,1-2H3. The van der Waals surface area contributed by atoms with Crippen LogP contribution in [-0.2, 0) is 6.42 Å². The van der Waals surface area contributed by atoms with Gasteiger partial charge in [-0.15, -0.1) is 0 Å². The molecule has 0 spiro atoms. The lowest BCUT2D eigenvalue weighted by Gasteiger charge is -2.17. The number of likely N-dealkylation sites (N-methyl/N-ethyl adjacent to an activating group) is 1. The Morgan fingerprint density at radius 2 is 2.16 bits per heavy atom. The van der Waals surface area contributed by atoms with Crippen LogP contribution in [0.3, 0.4) is 0 Å². The second kappa shape index (κ2) is 6.13. The molecule has 1 atom stereocenters. The Morgan fingerprint density at radius 1 is 1.37 bits per heavy atom. The molecule has 1 N–H and O–H groups in total. The Hall–Kier alpha value is -1.45. The van der Waals surface area contributed by atoms with Crippen LogP contribution in [0.2, 0.25) is 5.02 Å². The van der Waals surface area contributed by atoms with Crippen molar-refractivity contribution in [1.82, 2.24) is 10.3 Å². The Morgan fingerprint density at radius 3 is 2.79 bits per heavy atom. The Labute approximate surface area is 117 Å². The Balaban J connectivity index is 2.24. The zero-order chi connectivity index (χ0) is 13.8. The van der Waals surface area contributed by atoms with Gasteiger partial charge in [0.1, 0.15) is 5.82 Å². The van der Waals surface area contributed by atoms with Crippen molar-refractivity contribution in [3.05, 3.63) is 64.2 Å². The van der Waals surface area contributed by atoms with Crippen LogP contribution in [0, 0.1) is 12.7 Å². The molecule has 1 unspecified atom stereocenters. The van der Waals surface area contributed by atoms with Crippen molar-refractivity contribution >= 4 is 11.6 Å². The van der Waals surface area contributed by atoms with E-state index >= 15 is 0 Å². The van der Waals surface area contributed by atoms with Gasteiger partial charge in [-0.1, -0.05) is 23.7 Å². The largest absolute Gasteiger partial charge is 0.311 e. The summed E-state index contributed by atoms with van der Waals surface area (Å²) in [4.78, 5) is 4.40. The first-order valence-corrected chi connectivity index (χ1v) is 6.52. The van der Waals surface area contributed by atoms with Gasteiger partial charge in [-0.05, 0) is 49.7 Å². The van der Waals surface area contributed by atoms with E-state index < -0.39 is 0 Å². The smallest absolute Gasteiger partial charge is 0.142 e. The van der Waals surface area contributed by atoms with Crippen LogP contribution in [0.5, 0.6) is 0 Å². The lowest BCUT2D eigenvalue weighted by Crippen LogP contribution is -2.21. The minimum atomic E-state index is -0.383. The van der Waals surface area contributed by atoms with E-state index in [0.717, 1.165) is 16.8 Å². The van der Waals surface area contributed by atoms with Crippen molar-refractivity contribution in [1.29, 1.82) is 0 Å². The molecular weight excluding hydrogens is 263 g/mol. The number of pyridine rings is 1. The maximum Gasteiger partial charge on any atom is 0.142 e. The Kier molecular flexibility index (Phi) is 4.51. The molecule has 1 aromatic carbocycles.